The topological polar surface area (TPSA) is 29.5 Å². The fourth-order valence-corrected chi connectivity index (χ4v) is 3.54. The Labute approximate surface area is 117 Å². The van der Waals surface area contributed by atoms with Crippen LogP contribution in [0, 0.1) is 11.8 Å². The maximum atomic E-state index is 12.2. The van der Waals surface area contributed by atoms with E-state index >= 15 is 0 Å². The summed E-state index contributed by atoms with van der Waals surface area (Å²) in [5, 5.41) is 0. The predicted octanol–water partition coefficient (Wildman–Crippen LogP) is 2.88. The molecule has 1 saturated heterocycles. The van der Waals surface area contributed by atoms with Gasteiger partial charge in [-0.3, -0.25) is 9.69 Å². The van der Waals surface area contributed by atoms with Gasteiger partial charge < -0.3 is 4.74 Å². The van der Waals surface area contributed by atoms with E-state index in [0.717, 1.165) is 51.5 Å². The standard InChI is InChI=1S/C16H29NO2/c1-4-5-13-6-7-15(18)14(10-13)11-17-8-9-19-12-16(17,2)3/h13-14H,4-12H2,1-3H3. The summed E-state index contributed by atoms with van der Waals surface area (Å²) in [6.45, 7) is 10.2. The molecule has 2 rings (SSSR count). The van der Waals surface area contributed by atoms with E-state index in [9.17, 15) is 4.79 Å². The largest absolute Gasteiger partial charge is 0.378 e. The number of hydrogen-bond donors (Lipinski definition) is 0. The van der Waals surface area contributed by atoms with Crippen LogP contribution < -0.4 is 0 Å². The van der Waals surface area contributed by atoms with Crippen LogP contribution in [-0.4, -0.2) is 42.5 Å². The lowest BCUT2D eigenvalue weighted by atomic mass is 9.78. The summed E-state index contributed by atoms with van der Waals surface area (Å²) in [5.74, 6) is 1.54. The molecule has 3 nitrogen and oxygen atoms in total. The highest BCUT2D eigenvalue weighted by Crippen LogP contribution is 2.32. The molecule has 0 aromatic heterocycles. The van der Waals surface area contributed by atoms with Crippen LogP contribution in [0.2, 0.25) is 0 Å². The van der Waals surface area contributed by atoms with Crippen molar-refractivity contribution in [3.63, 3.8) is 0 Å². The van der Waals surface area contributed by atoms with Crippen LogP contribution in [0.3, 0.4) is 0 Å². The summed E-state index contributed by atoms with van der Waals surface area (Å²) in [7, 11) is 0. The van der Waals surface area contributed by atoms with Gasteiger partial charge in [0, 0.05) is 31.0 Å². The summed E-state index contributed by atoms with van der Waals surface area (Å²) in [6.07, 6.45) is 5.57. The molecule has 0 aromatic rings. The van der Waals surface area contributed by atoms with Gasteiger partial charge in [0.2, 0.25) is 0 Å². The van der Waals surface area contributed by atoms with E-state index in [2.05, 4.69) is 25.7 Å². The average Bonchev–Trinajstić information content (AvgIpc) is 2.36. The lowest BCUT2D eigenvalue weighted by Crippen LogP contribution is -2.55. The molecule has 110 valence electrons. The second kappa shape index (κ2) is 6.36. The van der Waals surface area contributed by atoms with Crippen molar-refractivity contribution in [1.82, 2.24) is 4.90 Å². The number of ketones is 1. The van der Waals surface area contributed by atoms with Crippen molar-refractivity contribution >= 4 is 5.78 Å². The van der Waals surface area contributed by atoms with Crippen LogP contribution in [0.1, 0.15) is 52.9 Å². The van der Waals surface area contributed by atoms with E-state index in [4.69, 9.17) is 4.74 Å². The molecule has 2 aliphatic rings. The molecule has 1 aliphatic heterocycles. The van der Waals surface area contributed by atoms with Gasteiger partial charge in [-0.1, -0.05) is 19.8 Å². The average molecular weight is 267 g/mol. The minimum atomic E-state index is 0.0796. The van der Waals surface area contributed by atoms with Crippen LogP contribution in [0.4, 0.5) is 0 Å². The van der Waals surface area contributed by atoms with E-state index in [1.807, 2.05) is 0 Å². The molecule has 0 radical (unpaired) electrons. The summed E-state index contributed by atoms with van der Waals surface area (Å²) in [5.41, 5.74) is 0.0796. The van der Waals surface area contributed by atoms with Gasteiger partial charge in [0.15, 0.2) is 0 Å². The van der Waals surface area contributed by atoms with Crippen LogP contribution >= 0.6 is 0 Å². The monoisotopic (exact) mass is 267 g/mol. The van der Waals surface area contributed by atoms with Crippen molar-refractivity contribution in [1.29, 1.82) is 0 Å². The highest BCUT2D eigenvalue weighted by Gasteiger charge is 2.35. The number of morpholine rings is 1. The van der Waals surface area contributed by atoms with Crippen molar-refractivity contribution < 1.29 is 9.53 Å². The molecule has 0 spiro atoms. The Bertz CT molecular complexity index is 314. The zero-order valence-corrected chi connectivity index (χ0v) is 12.8. The molecule has 1 saturated carbocycles. The fraction of sp³-hybridized carbons (Fsp3) is 0.938. The summed E-state index contributed by atoms with van der Waals surface area (Å²) in [4.78, 5) is 14.6. The predicted molar refractivity (Wildman–Crippen MR) is 77.2 cm³/mol. The minimum Gasteiger partial charge on any atom is -0.378 e. The minimum absolute atomic E-state index is 0.0796. The number of hydrogen-bond acceptors (Lipinski definition) is 3. The second-order valence-corrected chi connectivity index (χ2v) is 6.90. The molecule has 2 fully saturated rings. The van der Waals surface area contributed by atoms with Crippen LogP contribution in [0.15, 0.2) is 0 Å². The molecule has 19 heavy (non-hydrogen) atoms. The third kappa shape index (κ3) is 3.79. The number of nitrogens with zero attached hydrogens (tertiary/aromatic N) is 1. The number of ether oxygens (including phenoxy) is 1. The Hall–Kier alpha value is -0.410. The quantitative estimate of drug-likeness (QED) is 0.784. The SMILES string of the molecule is CCCC1CCC(=O)C(CN2CCOCC2(C)C)C1. The van der Waals surface area contributed by atoms with Crippen molar-refractivity contribution in [2.75, 3.05) is 26.3 Å². The van der Waals surface area contributed by atoms with Gasteiger partial charge in [-0.15, -0.1) is 0 Å². The molecular formula is C16H29NO2. The Kier molecular flexibility index (Phi) is 5.02. The second-order valence-electron chi connectivity index (χ2n) is 6.90. The van der Waals surface area contributed by atoms with E-state index in [0.29, 0.717) is 5.78 Å². The lowest BCUT2D eigenvalue weighted by molar-refractivity contribution is -0.128. The first kappa shape index (κ1) is 15.0. The lowest BCUT2D eigenvalue weighted by Gasteiger charge is -2.44. The molecule has 1 aliphatic carbocycles. The molecule has 2 unspecified atom stereocenters. The highest BCUT2D eigenvalue weighted by atomic mass is 16.5. The van der Waals surface area contributed by atoms with Gasteiger partial charge >= 0.3 is 0 Å². The molecule has 0 amide bonds. The van der Waals surface area contributed by atoms with E-state index in [1.165, 1.54) is 12.8 Å². The fourth-order valence-electron chi connectivity index (χ4n) is 3.54. The number of carbonyl (C=O) groups excluding carboxylic acids is 1. The zero-order chi connectivity index (χ0) is 13.9. The number of Topliss-reactive ketones (excluding diaryl/α,β-unsaturated/α-hetero) is 1. The highest BCUT2D eigenvalue weighted by molar-refractivity contribution is 5.82. The van der Waals surface area contributed by atoms with Gasteiger partial charge in [-0.25, -0.2) is 0 Å². The third-order valence-corrected chi connectivity index (χ3v) is 4.83. The van der Waals surface area contributed by atoms with Crippen molar-refractivity contribution in [3.05, 3.63) is 0 Å². The third-order valence-electron chi connectivity index (χ3n) is 4.83. The summed E-state index contributed by atoms with van der Waals surface area (Å²) < 4.78 is 5.56. The van der Waals surface area contributed by atoms with E-state index in [1.54, 1.807) is 0 Å². The van der Waals surface area contributed by atoms with Crippen LogP contribution in [-0.2, 0) is 9.53 Å². The first-order valence-electron chi connectivity index (χ1n) is 7.88. The molecular weight excluding hydrogens is 238 g/mol. The molecule has 0 bridgehead atoms. The Balaban J connectivity index is 1.94. The van der Waals surface area contributed by atoms with Crippen molar-refractivity contribution in [2.24, 2.45) is 11.8 Å². The van der Waals surface area contributed by atoms with Crippen molar-refractivity contribution in [2.45, 2.75) is 58.4 Å². The first-order chi connectivity index (χ1) is 9.03. The molecule has 3 heteroatoms. The first-order valence-corrected chi connectivity index (χ1v) is 7.88. The Morgan fingerprint density at radius 3 is 2.89 bits per heavy atom. The maximum absolute atomic E-state index is 12.2. The van der Waals surface area contributed by atoms with E-state index < -0.39 is 0 Å². The molecule has 0 aromatic carbocycles. The zero-order valence-electron chi connectivity index (χ0n) is 12.8. The van der Waals surface area contributed by atoms with Gasteiger partial charge in [0.05, 0.1) is 13.2 Å². The molecule has 1 heterocycles. The Morgan fingerprint density at radius 2 is 2.21 bits per heavy atom. The van der Waals surface area contributed by atoms with Crippen LogP contribution in [0.25, 0.3) is 0 Å². The van der Waals surface area contributed by atoms with Gasteiger partial charge in [0.1, 0.15) is 5.78 Å². The van der Waals surface area contributed by atoms with Crippen molar-refractivity contribution in [3.8, 4) is 0 Å². The Morgan fingerprint density at radius 1 is 1.42 bits per heavy atom. The van der Waals surface area contributed by atoms with Gasteiger partial charge in [0.25, 0.3) is 0 Å². The summed E-state index contributed by atoms with van der Waals surface area (Å²) in [6, 6.07) is 0. The number of rotatable bonds is 4. The molecule has 2 atom stereocenters. The van der Waals surface area contributed by atoms with Gasteiger partial charge in [-0.05, 0) is 32.6 Å². The van der Waals surface area contributed by atoms with E-state index in [-0.39, 0.29) is 11.5 Å². The molecule has 0 N–H and O–H groups in total. The van der Waals surface area contributed by atoms with Crippen LogP contribution in [0.5, 0.6) is 0 Å². The van der Waals surface area contributed by atoms with Gasteiger partial charge in [-0.2, -0.15) is 0 Å². The normalized spacial score (nSPS) is 32.5. The summed E-state index contributed by atoms with van der Waals surface area (Å²) >= 11 is 0. The number of carbonyl (C=O) groups is 1. The maximum Gasteiger partial charge on any atom is 0.137 e. The smallest absolute Gasteiger partial charge is 0.137 e.